The van der Waals surface area contributed by atoms with Crippen molar-refractivity contribution in [1.29, 1.82) is 15.8 Å². The molecule has 21 atom stereocenters. The first-order valence-corrected chi connectivity index (χ1v) is 43.7. The number of Topliss-reactive ketones (excluding diaryl/α,β-unsaturated/α-hetero) is 1. The second-order valence-corrected chi connectivity index (χ2v) is 35.4. The van der Waals surface area contributed by atoms with Crippen molar-refractivity contribution >= 4 is 95.4 Å². The van der Waals surface area contributed by atoms with E-state index >= 15 is 0 Å². The Hall–Kier alpha value is -9.15. The molecule has 10 aliphatic carbocycles. The molecule has 14 fully saturated rings. The zero-order chi connectivity index (χ0) is 82.8. The van der Waals surface area contributed by atoms with Crippen LogP contribution in [0.15, 0.2) is 121 Å². The summed E-state index contributed by atoms with van der Waals surface area (Å²) in [6.45, 7) is 4.51. The minimum atomic E-state index is -0.400. The number of aliphatic hydroxyl groups excluding tert-OH is 1. The fourth-order valence-corrected chi connectivity index (χ4v) is 22.1. The predicted octanol–water partition coefficient (Wildman–Crippen LogP) is 16.0. The minimum absolute atomic E-state index is 0. The van der Waals surface area contributed by atoms with Crippen LogP contribution in [0.1, 0.15) is 197 Å². The fraction of sp³-hybridized carbons (Fsp3) is 0.632. The fourth-order valence-electron chi connectivity index (χ4n) is 22.1. The second kappa shape index (κ2) is 48.7. The van der Waals surface area contributed by atoms with Gasteiger partial charge >= 0.3 is 24.4 Å². The summed E-state index contributed by atoms with van der Waals surface area (Å²) in [6.07, 6.45) is 21.7. The maximum Gasteiger partial charge on any atom is 0.411 e. The Balaban J connectivity index is 0.000000195. The summed E-state index contributed by atoms with van der Waals surface area (Å²) in [7, 11) is 0. The Labute approximate surface area is 751 Å². The topological polar surface area (TPSA) is 377 Å². The van der Waals surface area contributed by atoms with E-state index < -0.39 is 6.09 Å². The average Bonchev–Trinajstić information content (AvgIpc) is 1.62. The van der Waals surface area contributed by atoms with Crippen LogP contribution in [0.3, 0.4) is 0 Å². The van der Waals surface area contributed by atoms with Crippen LogP contribution in [0.5, 0.6) is 0 Å². The molecule has 1 spiro atoms. The molecule has 10 saturated carbocycles. The van der Waals surface area contributed by atoms with E-state index in [1.807, 2.05) is 121 Å². The lowest BCUT2D eigenvalue weighted by molar-refractivity contribution is -0.156. The summed E-state index contributed by atoms with van der Waals surface area (Å²) in [5.74, 6) is 5.60. The van der Waals surface area contributed by atoms with Gasteiger partial charge in [0.05, 0.1) is 57.2 Å². The summed E-state index contributed by atoms with van der Waals surface area (Å²) < 4.78 is 33.6. The van der Waals surface area contributed by atoms with Crippen LogP contribution in [-0.2, 0) is 47.6 Å². The van der Waals surface area contributed by atoms with Gasteiger partial charge in [-0.1, -0.05) is 103 Å². The second-order valence-electron chi connectivity index (χ2n) is 35.4. The van der Waals surface area contributed by atoms with Crippen LogP contribution in [0.25, 0.3) is 0 Å². The third-order valence-corrected chi connectivity index (χ3v) is 27.4. The smallest absolute Gasteiger partial charge is 0.411 e. The van der Waals surface area contributed by atoms with Crippen LogP contribution in [-0.4, -0.2) is 193 Å². The lowest BCUT2D eigenvalue weighted by Crippen LogP contribution is -2.43. The van der Waals surface area contributed by atoms with Crippen LogP contribution >= 0.6 is 24.8 Å². The summed E-state index contributed by atoms with van der Waals surface area (Å²) in [6, 6.07) is 44.1. The van der Waals surface area contributed by atoms with Crippen molar-refractivity contribution in [2.75, 3.05) is 73.7 Å². The molecule has 4 aliphatic heterocycles. The van der Waals surface area contributed by atoms with Gasteiger partial charge in [-0.25, -0.2) is 19.2 Å². The number of halogens is 2. The van der Waals surface area contributed by atoms with Crippen molar-refractivity contribution < 1.29 is 71.9 Å². The van der Waals surface area contributed by atoms with Gasteiger partial charge in [-0.15, -0.1) is 24.8 Å². The number of fused-ring (bicyclic) bond motifs is 5. The zero-order valence-electron chi connectivity index (χ0n) is 68.9. The number of ketones is 1. The van der Waals surface area contributed by atoms with Crippen LogP contribution < -0.4 is 37.2 Å². The first-order chi connectivity index (χ1) is 57.8. The number of carbonyl (C=O) groups is 8. The van der Waals surface area contributed by atoms with E-state index in [0.29, 0.717) is 135 Å². The van der Waals surface area contributed by atoms with E-state index in [1.165, 1.54) is 0 Å². The van der Waals surface area contributed by atoms with Crippen molar-refractivity contribution in [2.24, 2.45) is 59.2 Å². The van der Waals surface area contributed by atoms with Crippen molar-refractivity contribution in [3.63, 3.8) is 0 Å². The quantitative estimate of drug-likeness (QED) is 0.0455. The Morgan fingerprint density at radius 1 is 0.376 bits per heavy atom. The predicted molar refractivity (Wildman–Crippen MR) is 482 cm³/mol. The third kappa shape index (κ3) is 27.9. The largest absolute Gasteiger partial charge is 0.446 e. The normalized spacial score (nSPS) is 30.6. The Bertz CT molecular complexity index is 3850. The van der Waals surface area contributed by atoms with Gasteiger partial charge in [-0.3, -0.25) is 40.4 Å². The number of anilines is 4. The molecule has 8 N–H and O–H groups in total. The molecular weight excluding hydrogens is 1630 g/mol. The summed E-state index contributed by atoms with van der Waals surface area (Å²) in [4.78, 5) is 102. The molecule has 0 radical (unpaired) electrons. The van der Waals surface area contributed by atoms with Crippen molar-refractivity contribution in [3.8, 4) is 18.2 Å². The number of likely N-dealkylation sites (tertiary alicyclic amines) is 3. The number of benzene rings is 4. The van der Waals surface area contributed by atoms with E-state index in [-0.39, 0.29) is 145 Å². The molecule has 7 amide bonds. The third-order valence-electron chi connectivity index (χ3n) is 27.4. The lowest BCUT2D eigenvalue weighted by Gasteiger charge is -2.22. The van der Waals surface area contributed by atoms with Gasteiger partial charge in [-0.2, -0.15) is 15.8 Å². The summed E-state index contributed by atoms with van der Waals surface area (Å²) >= 11 is 0. The maximum atomic E-state index is 12.4. The number of nitriles is 3. The monoisotopic (exact) mass is 1770 g/mol. The van der Waals surface area contributed by atoms with E-state index in [2.05, 4.69) is 55.4 Å². The van der Waals surface area contributed by atoms with E-state index in [1.54, 1.807) is 14.7 Å². The lowest BCUT2D eigenvalue weighted by atomic mass is 10.0. The Kier molecular flexibility index (Phi) is 39.4. The molecule has 14 aliphatic rings. The molecule has 4 aromatic carbocycles. The number of hydrogen-bond acceptors (Lipinski definition) is 21. The molecule has 4 heterocycles. The van der Waals surface area contributed by atoms with E-state index in [4.69, 9.17) is 44.2 Å². The number of carbonyl (C=O) groups excluding carboxylic acids is 8. The molecule has 0 bridgehead atoms. The van der Waals surface area contributed by atoms with Crippen molar-refractivity contribution in [3.05, 3.63) is 121 Å². The molecule has 4 aromatic rings. The number of aliphatic hydroxyl groups is 1. The number of nitrogens with one attached hydrogen (secondary N) is 7. The molecule has 125 heavy (non-hydrogen) atoms. The van der Waals surface area contributed by atoms with Gasteiger partial charge in [0.2, 0.25) is 17.7 Å². The number of para-hydroxylation sites is 4. The first-order valence-electron chi connectivity index (χ1n) is 43.7. The number of amides is 7. The number of nitrogens with zero attached hydrogens (tertiary/aromatic N) is 6. The summed E-state index contributed by atoms with van der Waals surface area (Å²) in [5.41, 5.74) is 2.95. The highest BCUT2D eigenvalue weighted by atomic mass is 35.5. The van der Waals surface area contributed by atoms with Gasteiger partial charge in [0, 0.05) is 86.2 Å². The maximum absolute atomic E-state index is 12.4. The van der Waals surface area contributed by atoms with Crippen LogP contribution in [0.4, 0.5) is 41.9 Å². The van der Waals surface area contributed by atoms with Gasteiger partial charge in [-0.05, 0) is 249 Å². The first kappa shape index (κ1) is 101. The molecule has 18 rings (SSSR count). The van der Waals surface area contributed by atoms with E-state index in [9.17, 15) is 43.5 Å². The SMILES string of the molecule is C.C.C.C.Cl.Cl.N#C[C@@H]1CCCN1C(=O)CNC1C[C@@H]2CC(OC(=O)Nc3ccccc3)C[C@@H]2C1.N#C[C@@H]1CCCN1C(=O)CNC1C[C@@H]2CC(OC(=O)Nc3ccccc3)C[C@@H]2C1.N#C[C@@H]1CCCN1C(=O)CNC1C[C@@H]2CC(OC(=O)Nc3ccccc3)C[C@@H]2C1.O=C1C[C@@H]2CC(OC(=O)Nc3ccccc3)C[C@@H]2C1.OC1C[C@@H]2CC3(C[C@@H]2C1)OCCO3. The highest BCUT2D eigenvalue weighted by Gasteiger charge is 2.53. The van der Waals surface area contributed by atoms with Crippen LogP contribution in [0.2, 0.25) is 0 Å². The standard InChI is InChI=1S/3C22H28N4O3.C15H17NO3.C10H16O3.4CH4.2ClH/c3*23-13-19-7-4-8-26(19)21(27)14-24-18-9-15-11-20(12-16(15)10-18)29-22(28)25-17-5-2-1-3-6-17;17-13-6-10-8-14(9-11(10)7-13)19-15(18)16-12-4-2-1-3-5-12;11-9-3-7-5-10(6-8(7)4-9)12-1-2-13-10;;;;;;/h3*1-3,5-6,15-16,18-20,24H,4,7-12,14H2,(H,25,28);1-5,10-11,14H,6-9H2,(H,16,18);7-9,11H,1-6H2;4*1H4;2*1H/t3*15-,16+,18?,19-,20?;10-,11+,14?;7-,8+,9?;;;;;;/m000......../s1. The van der Waals surface area contributed by atoms with Crippen molar-refractivity contribution in [2.45, 2.75) is 269 Å². The average molecular weight is 1770 g/mol. The van der Waals surface area contributed by atoms with Gasteiger partial charge in [0.1, 0.15) is 48.3 Å². The highest BCUT2D eigenvalue weighted by Crippen LogP contribution is 2.53. The zero-order valence-corrected chi connectivity index (χ0v) is 70.5. The van der Waals surface area contributed by atoms with Crippen LogP contribution in [0, 0.1) is 93.2 Å². The highest BCUT2D eigenvalue weighted by molar-refractivity contribution is 5.87. The van der Waals surface area contributed by atoms with Crippen molar-refractivity contribution in [1.82, 2.24) is 30.7 Å². The Morgan fingerprint density at radius 2 is 0.624 bits per heavy atom. The number of hydrogen-bond donors (Lipinski definition) is 8. The molecule has 0 aromatic heterocycles. The summed E-state index contributed by atoms with van der Waals surface area (Å²) in [5, 5.41) is 58.1. The number of rotatable bonds is 17. The Morgan fingerprint density at radius 3 is 0.872 bits per heavy atom. The van der Waals surface area contributed by atoms with E-state index in [0.717, 1.165) is 190 Å². The van der Waals surface area contributed by atoms with Gasteiger partial charge in [0.25, 0.3) is 0 Å². The van der Waals surface area contributed by atoms with Gasteiger partial charge < -0.3 is 64.2 Å². The van der Waals surface area contributed by atoms with Gasteiger partial charge in [0.15, 0.2) is 5.79 Å². The number of ether oxygens (including phenoxy) is 6. The minimum Gasteiger partial charge on any atom is -0.446 e. The molecular formula is C95H135Cl2N13O15. The molecule has 4 saturated heterocycles. The molecule has 28 nitrogen and oxygen atoms in total. The molecule has 30 heteroatoms. The molecule has 684 valence electrons. The molecule has 8 unspecified atom stereocenters.